The molecule has 0 aliphatic carbocycles. The quantitative estimate of drug-likeness (QED) is 0.764. The molecule has 0 bridgehead atoms. The van der Waals surface area contributed by atoms with Crippen molar-refractivity contribution in [1.29, 1.82) is 0 Å². The van der Waals surface area contributed by atoms with Crippen LogP contribution in [0.3, 0.4) is 0 Å². The van der Waals surface area contributed by atoms with Crippen LogP contribution >= 0.6 is 15.9 Å². The van der Waals surface area contributed by atoms with Gasteiger partial charge in [0.1, 0.15) is 11.6 Å². The van der Waals surface area contributed by atoms with E-state index >= 15 is 0 Å². The first-order valence-corrected chi connectivity index (χ1v) is 7.94. The molecule has 0 spiro atoms. The summed E-state index contributed by atoms with van der Waals surface area (Å²) in [7, 11) is 0. The van der Waals surface area contributed by atoms with Crippen molar-refractivity contribution in [2.75, 3.05) is 6.54 Å². The molecule has 0 saturated carbocycles. The second-order valence-electron chi connectivity index (χ2n) is 5.99. The molecule has 126 valence electrons. The maximum Gasteiger partial charge on any atom is 0.408 e. The second kappa shape index (κ2) is 8.10. The van der Waals surface area contributed by atoms with Crippen LogP contribution in [0.25, 0.3) is 0 Å². The van der Waals surface area contributed by atoms with Gasteiger partial charge in [-0.15, -0.1) is 0 Å². The monoisotopic (exact) mass is 384 g/mol. The Balaban J connectivity index is 2.48. The van der Waals surface area contributed by atoms with Crippen LogP contribution in [0.15, 0.2) is 28.7 Å². The largest absolute Gasteiger partial charge is 0.444 e. The van der Waals surface area contributed by atoms with Crippen LogP contribution in [0, 0.1) is 0 Å². The second-order valence-corrected chi connectivity index (χ2v) is 6.84. The lowest BCUT2D eigenvalue weighted by molar-refractivity contribution is -0.122. The molecule has 6 nitrogen and oxygen atoms in total. The van der Waals surface area contributed by atoms with Crippen LogP contribution in [-0.4, -0.2) is 36.0 Å². The van der Waals surface area contributed by atoms with E-state index in [2.05, 4.69) is 26.6 Å². The number of Topliss-reactive ketones (excluding diaryl/α,β-unsaturated/α-hetero) is 1. The molecule has 0 aliphatic rings. The minimum absolute atomic E-state index is 0.151. The van der Waals surface area contributed by atoms with Gasteiger partial charge in [-0.1, -0.05) is 34.1 Å². The summed E-state index contributed by atoms with van der Waals surface area (Å²) >= 11 is 3.29. The van der Waals surface area contributed by atoms with Crippen LogP contribution in [0.1, 0.15) is 38.1 Å². The molecule has 0 aromatic heterocycles. The van der Waals surface area contributed by atoms with Gasteiger partial charge in [0.05, 0.1) is 6.54 Å². The van der Waals surface area contributed by atoms with E-state index in [1.807, 2.05) is 0 Å². The van der Waals surface area contributed by atoms with E-state index in [-0.39, 0.29) is 12.3 Å². The van der Waals surface area contributed by atoms with Gasteiger partial charge in [0.2, 0.25) is 5.91 Å². The average molecular weight is 385 g/mol. The summed E-state index contributed by atoms with van der Waals surface area (Å²) < 4.78 is 5.73. The number of halogens is 1. The molecule has 23 heavy (non-hydrogen) atoms. The highest BCUT2D eigenvalue weighted by molar-refractivity contribution is 9.10. The fraction of sp³-hybridized carbons (Fsp3) is 0.438. The van der Waals surface area contributed by atoms with Gasteiger partial charge in [0.25, 0.3) is 0 Å². The molecule has 2 N–H and O–H groups in total. The van der Waals surface area contributed by atoms with Crippen molar-refractivity contribution in [3.63, 3.8) is 0 Å². The number of carbonyl (C=O) groups excluding carboxylic acids is 3. The molecule has 0 aliphatic heterocycles. The van der Waals surface area contributed by atoms with Crippen LogP contribution in [0.5, 0.6) is 0 Å². The average Bonchev–Trinajstić information content (AvgIpc) is 2.42. The summed E-state index contributed by atoms with van der Waals surface area (Å²) in [6.45, 7) is 6.55. The number of ether oxygens (including phenoxy) is 1. The molecule has 0 saturated heterocycles. The highest BCUT2D eigenvalue weighted by atomic mass is 79.9. The van der Waals surface area contributed by atoms with Gasteiger partial charge < -0.3 is 15.4 Å². The van der Waals surface area contributed by atoms with Crippen LogP contribution < -0.4 is 10.6 Å². The zero-order valence-corrected chi connectivity index (χ0v) is 15.2. The number of amides is 2. The first-order chi connectivity index (χ1) is 10.6. The number of rotatable bonds is 5. The van der Waals surface area contributed by atoms with E-state index in [4.69, 9.17) is 4.74 Å². The molecule has 1 atom stereocenters. The molecule has 0 heterocycles. The predicted octanol–water partition coefficient (Wildman–Crippen LogP) is 2.66. The summed E-state index contributed by atoms with van der Waals surface area (Å²) in [5, 5.41) is 4.91. The fourth-order valence-electron chi connectivity index (χ4n) is 1.65. The Kier molecular flexibility index (Phi) is 6.75. The zero-order chi connectivity index (χ0) is 17.6. The normalized spacial score (nSPS) is 12.2. The van der Waals surface area contributed by atoms with Crippen molar-refractivity contribution in [3.8, 4) is 0 Å². The van der Waals surface area contributed by atoms with Crippen molar-refractivity contribution in [2.24, 2.45) is 0 Å². The van der Waals surface area contributed by atoms with Crippen molar-refractivity contribution in [2.45, 2.75) is 39.3 Å². The van der Waals surface area contributed by atoms with Gasteiger partial charge in [0, 0.05) is 10.0 Å². The molecule has 7 heteroatoms. The maximum absolute atomic E-state index is 12.0. The smallest absolute Gasteiger partial charge is 0.408 e. The molecule has 0 radical (unpaired) electrons. The van der Waals surface area contributed by atoms with E-state index in [9.17, 15) is 14.4 Å². The van der Waals surface area contributed by atoms with Gasteiger partial charge in [-0.3, -0.25) is 9.59 Å². The standard InChI is InChI=1S/C16H21BrN2O4/c1-10(19-15(22)23-16(2,3)4)14(21)18-9-13(20)11-7-5-6-8-12(11)17/h5-8,10H,9H2,1-4H3,(H,18,21)(H,19,22). The minimum atomic E-state index is -0.808. The molecular weight excluding hydrogens is 364 g/mol. The van der Waals surface area contributed by atoms with Crippen LogP contribution in [-0.2, 0) is 9.53 Å². The van der Waals surface area contributed by atoms with E-state index in [1.54, 1.807) is 45.0 Å². The maximum atomic E-state index is 12.0. The molecule has 0 fully saturated rings. The highest BCUT2D eigenvalue weighted by Crippen LogP contribution is 2.15. The van der Waals surface area contributed by atoms with Gasteiger partial charge in [-0.05, 0) is 33.8 Å². The SMILES string of the molecule is CC(NC(=O)OC(C)(C)C)C(=O)NCC(=O)c1ccccc1Br. The Morgan fingerprint density at radius 3 is 2.39 bits per heavy atom. The molecule has 1 rings (SSSR count). The Labute approximate surface area is 144 Å². The van der Waals surface area contributed by atoms with Crippen molar-refractivity contribution < 1.29 is 19.1 Å². The number of ketones is 1. The minimum Gasteiger partial charge on any atom is -0.444 e. The van der Waals surface area contributed by atoms with Gasteiger partial charge in [-0.25, -0.2) is 4.79 Å². The van der Waals surface area contributed by atoms with Crippen molar-refractivity contribution in [3.05, 3.63) is 34.3 Å². The molecule has 1 aromatic rings. The fourth-order valence-corrected chi connectivity index (χ4v) is 2.16. The summed E-state index contributed by atoms with van der Waals surface area (Å²) in [4.78, 5) is 35.6. The Hall–Kier alpha value is -1.89. The van der Waals surface area contributed by atoms with Crippen LogP contribution in [0.2, 0.25) is 0 Å². The molecule has 2 amide bonds. The lowest BCUT2D eigenvalue weighted by atomic mass is 10.1. The summed E-state index contributed by atoms with van der Waals surface area (Å²) in [6, 6.07) is 6.15. The van der Waals surface area contributed by atoms with E-state index in [0.29, 0.717) is 10.0 Å². The topological polar surface area (TPSA) is 84.5 Å². The molecular formula is C16H21BrN2O4. The first kappa shape index (κ1) is 19.2. The third kappa shape index (κ3) is 6.81. The number of alkyl carbamates (subject to hydrolysis) is 1. The van der Waals surface area contributed by atoms with Gasteiger partial charge in [-0.2, -0.15) is 0 Å². The third-order valence-electron chi connectivity index (χ3n) is 2.72. The van der Waals surface area contributed by atoms with Gasteiger partial charge >= 0.3 is 6.09 Å². The summed E-state index contributed by atoms with van der Waals surface area (Å²) in [6.07, 6.45) is -0.683. The van der Waals surface area contributed by atoms with Gasteiger partial charge in [0.15, 0.2) is 5.78 Å². The van der Waals surface area contributed by atoms with Crippen LogP contribution in [0.4, 0.5) is 4.79 Å². The number of benzene rings is 1. The van der Waals surface area contributed by atoms with Crippen molar-refractivity contribution in [1.82, 2.24) is 10.6 Å². The first-order valence-electron chi connectivity index (χ1n) is 7.15. The Morgan fingerprint density at radius 2 is 1.83 bits per heavy atom. The Morgan fingerprint density at radius 1 is 1.22 bits per heavy atom. The van der Waals surface area contributed by atoms with Crippen molar-refractivity contribution >= 4 is 33.7 Å². The number of hydrogen-bond donors (Lipinski definition) is 2. The molecule has 1 aromatic carbocycles. The third-order valence-corrected chi connectivity index (χ3v) is 3.42. The number of nitrogens with one attached hydrogen (secondary N) is 2. The van der Waals surface area contributed by atoms with E-state index < -0.39 is 23.6 Å². The van der Waals surface area contributed by atoms with E-state index in [0.717, 1.165) is 0 Å². The summed E-state index contributed by atoms with van der Waals surface area (Å²) in [5.74, 6) is -0.688. The lowest BCUT2D eigenvalue weighted by Gasteiger charge is -2.21. The lowest BCUT2D eigenvalue weighted by Crippen LogP contribution is -2.47. The number of carbonyl (C=O) groups is 3. The highest BCUT2D eigenvalue weighted by Gasteiger charge is 2.21. The zero-order valence-electron chi connectivity index (χ0n) is 13.6. The summed E-state index contributed by atoms with van der Waals surface area (Å²) in [5.41, 5.74) is -0.156. The number of hydrogen-bond acceptors (Lipinski definition) is 4. The van der Waals surface area contributed by atoms with E-state index in [1.165, 1.54) is 6.92 Å². The predicted molar refractivity (Wildman–Crippen MR) is 90.3 cm³/mol. The Bertz CT molecular complexity index is 596. The molecule has 1 unspecified atom stereocenters.